The average molecular weight is 295 g/mol. The summed E-state index contributed by atoms with van der Waals surface area (Å²) in [5.74, 6) is 0. The van der Waals surface area contributed by atoms with Crippen molar-refractivity contribution in [1.82, 2.24) is 0 Å². The van der Waals surface area contributed by atoms with Crippen molar-refractivity contribution < 1.29 is 0 Å². The maximum atomic E-state index is 4.06. The molecule has 0 amide bonds. The van der Waals surface area contributed by atoms with Gasteiger partial charge in [0.2, 0.25) is 0 Å². The van der Waals surface area contributed by atoms with E-state index in [9.17, 15) is 0 Å². The van der Waals surface area contributed by atoms with E-state index in [0.717, 1.165) is 0 Å². The Balaban J connectivity index is 1.71. The van der Waals surface area contributed by atoms with Gasteiger partial charge in [-0.3, -0.25) is 0 Å². The smallest absolute Gasteiger partial charge is 0.0986 e. The molecular formula is C21H29N. The fraction of sp³-hybridized carbons (Fsp3) is 0.667. The molecule has 0 bridgehead atoms. The third-order valence-corrected chi connectivity index (χ3v) is 6.44. The van der Waals surface area contributed by atoms with Crippen LogP contribution in [0.5, 0.6) is 0 Å². The van der Waals surface area contributed by atoms with E-state index in [-0.39, 0.29) is 0 Å². The van der Waals surface area contributed by atoms with Gasteiger partial charge in [-0.1, -0.05) is 56.7 Å². The van der Waals surface area contributed by atoms with Gasteiger partial charge in [0, 0.05) is 16.6 Å². The van der Waals surface area contributed by atoms with E-state index < -0.39 is 0 Å². The zero-order valence-corrected chi connectivity index (χ0v) is 14.0. The summed E-state index contributed by atoms with van der Waals surface area (Å²) in [5.41, 5.74) is 3.60. The van der Waals surface area contributed by atoms with Crippen molar-refractivity contribution in [3.63, 3.8) is 0 Å². The van der Waals surface area contributed by atoms with Crippen molar-refractivity contribution >= 4 is 5.69 Å². The third kappa shape index (κ3) is 2.37. The first kappa shape index (κ1) is 14.6. The minimum Gasteiger partial charge on any atom is -0.354 e. The Bertz CT molecular complexity index is 520. The van der Waals surface area contributed by atoms with Crippen LogP contribution in [0.25, 0.3) is 0 Å². The lowest BCUT2D eigenvalue weighted by Gasteiger charge is -2.43. The van der Waals surface area contributed by atoms with E-state index >= 15 is 0 Å². The quantitative estimate of drug-likeness (QED) is 0.623. The highest BCUT2D eigenvalue weighted by Crippen LogP contribution is 2.58. The summed E-state index contributed by atoms with van der Waals surface area (Å²) in [6.07, 6.45) is 15.3. The first-order valence-corrected chi connectivity index (χ1v) is 9.37. The molecule has 1 aliphatic heterocycles. The topological polar surface area (TPSA) is 3.24 Å². The van der Waals surface area contributed by atoms with Gasteiger partial charge in [-0.15, -0.1) is 0 Å². The van der Waals surface area contributed by atoms with Gasteiger partial charge >= 0.3 is 0 Å². The molecule has 0 N–H and O–H groups in total. The van der Waals surface area contributed by atoms with Gasteiger partial charge in [0.25, 0.3) is 0 Å². The zero-order valence-electron chi connectivity index (χ0n) is 14.0. The predicted molar refractivity (Wildman–Crippen MR) is 92.9 cm³/mol. The first-order chi connectivity index (χ1) is 10.7. The lowest BCUT2D eigenvalue weighted by Crippen LogP contribution is -2.44. The molecule has 0 atom stereocenters. The van der Waals surface area contributed by atoms with Crippen molar-refractivity contribution in [2.24, 2.45) is 5.41 Å². The number of anilines is 1. The van der Waals surface area contributed by atoms with Crippen LogP contribution in [0.3, 0.4) is 0 Å². The van der Waals surface area contributed by atoms with Crippen LogP contribution in [0.15, 0.2) is 24.3 Å². The summed E-state index contributed by atoms with van der Waals surface area (Å²) in [6.45, 7) is 6.32. The fourth-order valence-electron chi connectivity index (χ4n) is 5.36. The van der Waals surface area contributed by atoms with Crippen molar-refractivity contribution in [3.05, 3.63) is 36.4 Å². The average Bonchev–Trinajstić information content (AvgIpc) is 2.82. The molecule has 1 heterocycles. The number of hydrogen-bond donors (Lipinski definition) is 0. The molecule has 3 fully saturated rings. The predicted octanol–water partition coefficient (Wildman–Crippen LogP) is 5.90. The molecule has 2 radical (unpaired) electrons. The molecular weight excluding hydrogens is 266 g/mol. The Morgan fingerprint density at radius 3 is 2.18 bits per heavy atom. The van der Waals surface area contributed by atoms with Crippen molar-refractivity contribution in [2.75, 3.05) is 4.90 Å². The van der Waals surface area contributed by atoms with Gasteiger partial charge in [0.1, 0.15) is 0 Å². The van der Waals surface area contributed by atoms with Crippen molar-refractivity contribution in [3.8, 4) is 0 Å². The normalized spacial score (nSPS) is 26.7. The van der Waals surface area contributed by atoms with E-state index in [1.807, 2.05) is 0 Å². The molecule has 1 aromatic rings. The molecule has 0 unspecified atom stereocenters. The van der Waals surface area contributed by atoms with E-state index in [2.05, 4.69) is 42.6 Å². The molecule has 2 saturated carbocycles. The number of benzene rings is 1. The minimum absolute atomic E-state index is 0.377. The summed E-state index contributed by atoms with van der Waals surface area (Å²) in [6, 6.07) is 8.95. The van der Waals surface area contributed by atoms with Crippen molar-refractivity contribution in [1.29, 1.82) is 0 Å². The zero-order chi connectivity index (χ0) is 15.0. The van der Waals surface area contributed by atoms with Crippen LogP contribution in [0, 0.1) is 18.9 Å². The van der Waals surface area contributed by atoms with Gasteiger partial charge in [-0.05, 0) is 50.7 Å². The Hall–Kier alpha value is -0.980. The molecule has 1 aromatic carbocycles. The Kier molecular flexibility index (Phi) is 3.71. The highest BCUT2D eigenvalue weighted by atomic mass is 15.2. The third-order valence-electron chi connectivity index (χ3n) is 6.44. The van der Waals surface area contributed by atoms with Gasteiger partial charge in [-0.25, -0.2) is 0 Å². The van der Waals surface area contributed by atoms with E-state index in [0.29, 0.717) is 11.0 Å². The fourth-order valence-corrected chi connectivity index (χ4v) is 5.36. The van der Waals surface area contributed by atoms with Crippen LogP contribution >= 0.6 is 0 Å². The Morgan fingerprint density at radius 1 is 0.864 bits per heavy atom. The van der Waals surface area contributed by atoms with Gasteiger partial charge < -0.3 is 4.90 Å². The Morgan fingerprint density at radius 2 is 1.50 bits per heavy atom. The summed E-state index contributed by atoms with van der Waals surface area (Å²) in [7, 11) is 0. The molecule has 2 spiro atoms. The summed E-state index contributed by atoms with van der Waals surface area (Å²) < 4.78 is 0. The maximum absolute atomic E-state index is 4.06. The second kappa shape index (κ2) is 5.58. The maximum Gasteiger partial charge on any atom is 0.0986 e. The van der Waals surface area contributed by atoms with Crippen LogP contribution in [-0.4, -0.2) is 5.54 Å². The van der Waals surface area contributed by atoms with Crippen LogP contribution in [0.2, 0.25) is 0 Å². The lowest BCUT2D eigenvalue weighted by atomic mass is 9.68. The standard InChI is InChI=1S/C21H29N/c1-18-10-4-5-11-19(18)22-17-20(12-6-2-7-13-20)16-21(22)14-8-3-9-15-21/h4-5,10-11H,2-3,6-9,12-16H2,1H3. The first-order valence-electron chi connectivity index (χ1n) is 9.37. The number of aryl methyl sites for hydroxylation is 1. The molecule has 1 nitrogen and oxygen atoms in total. The molecule has 1 saturated heterocycles. The molecule has 3 aliphatic rings. The Labute approximate surface area is 136 Å². The molecule has 0 aromatic heterocycles. The second-order valence-corrected chi connectivity index (χ2v) is 8.04. The number of hydrogen-bond acceptors (Lipinski definition) is 1. The van der Waals surface area contributed by atoms with E-state index in [4.69, 9.17) is 0 Å². The molecule has 118 valence electrons. The van der Waals surface area contributed by atoms with Gasteiger partial charge in [-0.2, -0.15) is 0 Å². The summed E-state index contributed by atoms with van der Waals surface area (Å²) in [5, 5.41) is 0. The number of nitrogens with zero attached hydrogens (tertiary/aromatic N) is 1. The highest BCUT2D eigenvalue weighted by Gasteiger charge is 2.54. The summed E-state index contributed by atoms with van der Waals surface area (Å²) in [4.78, 5) is 2.63. The van der Waals surface area contributed by atoms with Crippen LogP contribution in [-0.2, 0) is 0 Å². The van der Waals surface area contributed by atoms with Crippen LogP contribution < -0.4 is 4.90 Å². The van der Waals surface area contributed by atoms with E-state index in [1.165, 1.54) is 81.9 Å². The highest BCUT2D eigenvalue weighted by molar-refractivity contribution is 5.59. The van der Waals surface area contributed by atoms with Gasteiger partial charge in [0.15, 0.2) is 0 Å². The largest absolute Gasteiger partial charge is 0.354 e. The van der Waals surface area contributed by atoms with Crippen LogP contribution in [0.1, 0.15) is 76.2 Å². The molecule has 1 heteroatoms. The van der Waals surface area contributed by atoms with E-state index in [1.54, 1.807) is 0 Å². The monoisotopic (exact) mass is 295 g/mol. The van der Waals surface area contributed by atoms with Crippen LogP contribution in [0.4, 0.5) is 5.69 Å². The summed E-state index contributed by atoms with van der Waals surface area (Å²) >= 11 is 0. The molecule has 2 aliphatic carbocycles. The minimum atomic E-state index is 0.377. The molecule has 4 rings (SSSR count). The van der Waals surface area contributed by atoms with Crippen molar-refractivity contribution in [2.45, 2.75) is 83.1 Å². The lowest BCUT2D eigenvalue weighted by molar-refractivity contribution is 0.193. The molecule has 22 heavy (non-hydrogen) atoms. The second-order valence-electron chi connectivity index (χ2n) is 8.04. The van der Waals surface area contributed by atoms with Gasteiger partial charge in [0.05, 0.1) is 6.54 Å². The number of para-hydroxylation sites is 1. The SMILES string of the molecule is Cc1ccccc1N1[C]C2(CCCCC2)CC12CCCCC2. The number of rotatable bonds is 1.